The van der Waals surface area contributed by atoms with Crippen molar-refractivity contribution in [3.05, 3.63) is 17.8 Å². The second kappa shape index (κ2) is 5.36. The molecule has 0 unspecified atom stereocenters. The number of aromatic nitrogens is 1. The molecule has 2 aliphatic heterocycles. The Labute approximate surface area is 121 Å². The number of fused-ring (bicyclic) bond motifs is 3. The molecule has 21 heavy (non-hydrogen) atoms. The first-order valence-corrected chi connectivity index (χ1v) is 7.30. The maximum absolute atomic E-state index is 12.9. The number of nitrogens with one attached hydrogen (secondary N) is 1. The molecule has 0 radical (unpaired) electrons. The van der Waals surface area contributed by atoms with E-state index in [1.165, 1.54) is 6.07 Å². The summed E-state index contributed by atoms with van der Waals surface area (Å²) in [7, 11) is 0. The highest BCUT2D eigenvalue weighted by molar-refractivity contribution is 5.69. The van der Waals surface area contributed by atoms with Crippen molar-refractivity contribution in [3.63, 3.8) is 0 Å². The largest absolute Gasteiger partial charge is 0.417 e. The third-order valence-corrected chi connectivity index (χ3v) is 4.25. The Kier molecular flexibility index (Phi) is 3.69. The summed E-state index contributed by atoms with van der Waals surface area (Å²) in [5.41, 5.74) is -0.0648. The third-order valence-electron chi connectivity index (χ3n) is 4.25. The van der Waals surface area contributed by atoms with E-state index < -0.39 is 11.7 Å². The van der Waals surface area contributed by atoms with E-state index in [0.29, 0.717) is 24.1 Å². The lowest BCUT2D eigenvalue weighted by atomic mass is 10.1. The van der Waals surface area contributed by atoms with E-state index in [1.807, 2.05) is 11.8 Å². The summed E-state index contributed by atoms with van der Waals surface area (Å²) in [6.45, 7) is 5.89. The number of nitrogens with zero attached hydrogens (tertiary/aromatic N) is 3. The van der Waals surface area contributed by atoms with E-state index in [4.69, 9.17) is 0 Å². The van der Waals surface area contributed by atoms with Crippen LogP contribution in [0.1, 0.15) is 18.9 Å². The smallest absolute Gasteiger partial charge is 0.369 e. The van der Waals surface area contributed by atoms with Gasteiger partial charge in [-0.25, -0.2) is 4.98 Å². The first-order valence-electron chi connectivity index (χ1n) is 7.30. The van der Waals surface area contributed by atoms with Gasteiger partial charge < -0.3 is 15.1 Å². The standard InChI is InChI=1S/C14H19F3N4/c1-2-20-5-3-11-9-18-4-6-21(11)13-12(20)7-10(8-19-13)14(15,16)17/h7-8,11,18H,2-6,9H2,1H3/t11-/m0/s1. The van der Waals surface area contributed by atoms with Crippen LogP contribution in [0.4, 0.5) is 24.7 Å². The highest BCUT2D eigenvalue weighted by Crippen LogP contribution is 2.38. The Morgan fingerprint density at radius 1 is 1.38 bits per heavy atom. The number of hydrogen-bond donors (Lipinski definition) is 1. The molecule has 3 heterocycles. The molecule has 0 aromatic carbocycles. The Balaban J connectivity index is 2.06. The van der Waals surface area contributed by atoms with Gasteiger partial charge in [-0.3, -0.25) is 0 Å². The van der Waals surface area contributed by atoms with Crippen LogP contribution in [0.25, 0.3) is 0 Å². The molecule has 0 saturated carbocycles. The number of pyridine rings is 1. The lowest BCUT2D eigenvalue weighted by Gasteiger charge is -2.36. The zero-order chi connectivity index (χ0) is 15.0. The number of anilines is 2. The van der Waals surface area contributed by atoms with Crippen molar-refractivity contribution >= 4 is 11.5 Å². The van der Waals surface area contributed by atoms with E-state index in [-0.39, 0.29) is 0 Å². The molecule has 0 aliphatic carbocycles. The predicted molar refractivity (Wildman–Crippen MR) is 75.7 cm³/mol. The van der Waals surface area contributed by atoms with Gasteiger partial charge in [0.2, 0.25) is 0 Å². The quantitative estimate of drug-likeness (QED) is 0.861. The molecule has 1 N–H and O–H groups in total. The van der Waals surface area contributed by atoms with Crippen LogP contribution in [-0.4, -0.2) is 43.7 Å². The predicted octanol–water partition coefficient (Wildman–Crippen LogP) is 2.11. The van der Waals surface area contributed by atoms with Gasteiger partial charge in [-0.15, -0.1) is 0 Å². The second-order valence-electron chi connectivity index (χ2n) is 5.48. The minimum absolute atomic E-state index is 0.304. The average molecular weight is 300 g/mol. The summed E-state index contributed by atoms with van der Waals surface area (Å²) in [5.74, 6) is 0.689. The maximum Gasteiger partial charge on any atom is 0.417 e. The van der Waals surface area contributed by atoms with E-state index in [0.717, 1.165) is 38.8 Å². The topological polar surface area (TPSA) is 31.4 Å². The molecule has 0 amide bonds. The minimum atomic E-state index is -4.35. The molecule has 1 atom stereocenters. The van der Waals surface area contributed by atoms with E-state index >= 15 is 0 Å². The SMILES string of the molecule is CCN1CC[C@H]2CNCCN2c2ncc(C(F)(F)F)cc21. The van der Waals surface area contributed by atoms with E-state index in [2.05, 4.69) is 15.2 Å². The molecule has 2 aliphatic rings. The number of piperazine rings is 1. The van der Waals surface area contributed by atoms with E-state index in [1.54, 1.807) is 0 Å². The first-order chi connectivity index (χ1) is 10.0. The molecule has 1 aromatic heterocycles. The van der Waals surface area contributed by atoms with Gasteiger partial charge in [0.1, 0.15) is 0 Å². The molecular formula is C14H19F3N4. The van der Waals surface area contributed by atoms with Gasteiger partial charge in [0, 0.05) is 45.0 Å². The van der Waals surface area contributed by atoms with Crippen LogP contribution in [0, 0.1) is 0 Å². The highest BCUT2D eigenvalue weighted by Gasteiger charge is 2.35. The lowest BCUT2D eigenvalue weighted by molar-refractivity contribution is -0.137. The van der Waals surface area contributed by atoms with Gasteiger partial charge >= 0.3 is 6.18 Å². The van der Waals surface area contributed by atoms with Crippen molar-refractivity contribution in [2.45, 2.75) is 25.6 Å². The van der Waals surface area contributed by atoms with Crippen molar-refractivity contribution in [2.24, 2.45) is 0 Å². The van der Waals surface area contributed by atoms with Gasteiger partial charge in [-0.2, -0.15) is 13.2 Å². The van der Waals surface area contributed by atoms with E-state index in [9.17, 15) is 13.2 Å². The van der Waals surface area contributed by atoms with Crippen LogP contribution in [0.3, 0.4) is 0 Å². The van der Waals surface area contributed by atoms with Gasteiger partial charge in [-0.1, -0.05) is 0 Å². The Morgan fingerprint density at radius 3 is 2.90 bits per heavy atom. The van der Waals surface area contributed by atoms with Crippen LogP contribution in [0.15, 0.2) is 12.3 Å². The minimum Gasteiger partial charge on any atom is -0.369 e. The number of halogens is 3. The third kappa shape index (κ3) is 2.66. The number of rotatable bonds is 1. The van der Waals surface area contributed by atoms with Crippen LogP contribution < -0.4 is 15.1 Å². The highest BCUT2D eigenvalue weighted by atomic mass is 19.4. The second-order valence-corrected chi connectivity index (χ2v) is 5.48. The molecular weight excluding hydrogens is 281 g/mol. The van der Waals surface area contributed by atoms with Crippen LogP contribution in [0.2, 0.25) is 0 Å². The zero-order valence-electron chi connectivity index (χ0n) is 12.0. The van der Waals surface area contributed by atoms with Gasteiger partial charge in [-0.05, 0) is 19.4 Å². The summed E-state index contributed by atoms with van der Waals surface area (Å²) < 4.78 is 38.8. The monoisotopic (exact) mass is 300 g/mol. The molecule has 3 rings (SSSR count). The Hall–Kier alpha value is -1.50. The zero-order valence-corrected chi connectivity index (χ0v) is 12.0. The molecule has 7 heteroatoms. The summed E-state index contributed by atoms with van der Waals surface area (Å²) >= 11 is 0. The maximum atomic E-state index is 12.9. The fourth-order valence-corrected chi connectivity index (χ4v) is 3.11. The Bertz CT molecular complexity index is 517. The molecule has 116 valence electrons. The average Bonchev–Trinajstić information content (AvgIpc) is 2.62. The molecule has 1 aromatic rings. The molecule has 4 nitrogen and oxygen atoms in total. The number of alkyl halides is 3. The summed E-state index contributed by atoms with van der Waals surface area (Å²) in [6, 6.07) is 1.55. The molecule has 0 bridgehead atoms. The molecule has 1 saturated heterocycles. The fraction of sp³-hybridized carbons (Fsp3) is 0.643. The van der Waals surface area contributed by atoms with Gasteiger partial charge in [0.05, 0.1) is 11.3 Å². The Morgan fingerprint density at radius 2 is 2.19 bits per heavy atom. The summed E-state index contributed by atoms with van der Waals surface area (Å²) in [4.78, 5) is 8.32. The fourth-order valence-electron chi connectivity index (χ4n) is 3.11. The van der Waals surface area contributed by atoms with Crippen molar-refractivity contribution in [1.29, 1.82) is 0 Å². The summed E-state index contributed by atoms with van der Waals surface area (Å²) in [6.07, 6.45) is -2.47. The lowest BCUT2D eigenvalue weighted by Crippen LogP contribution is -2.51. The first kappa shape index (κ1) is 14.4. The van der Waals surface area contributed by atoms with Crippen LogP contribution >= 0.6 is 0 Å². The summed E-state index contributed by atoms with van der Waals surface area (Å²) in [5, 5.41) is 3.34. The molecule has 0 spiro atoms. The van der Waals surface area contributed by atoms with Crippen LogP contribution in [-0.2, 0) is 6.18 Å². The van der Waals surface area contributed by atoms with Gasteiger partial charge in [0.15, 0.2) is 5.82 Å². The number of hydrogen-bond acceptors (Lipinski definition) is 4. The van der Waals surface area contributed by atoms with Crippen molar-refractivity contribution in [2.75, 3.05) is 42.5 Å². The normalized spacial score (nSPS) is 22.6. The van der Waals surface area contributed by atoms with Crippen molar-refractivity contribution in [1.82, 2.24) is 10.3 Å². The van der Waals surface area contributed by atoms with Crippen molar-refractivity contribution in [3.8, 4) is 0 Å². The van der Waals surface area contributed by atoms with Crippen LogP contribution in [0.5, 0.6) is 0 Å². The molecule has 1 fully saturated rings. The van der Waals surface area contributed by atoms with Gasteiger partial charge in [0.25, 0.3) is 0 Å². The van der Waals surface area contributed by atoms with Crippen molar-refractivity contribution < 1.29 is 13.2 Å².